The van der Waals surface area contributed by atoms with Gasteiger partial charge in [-0.3, -0.25) is 9.59 Å². The molecule has 5 nitrogen and oxygen atoms in total. The van der Waals surface area contributed by atoms with Crippen molar-refractivity contribution in [2.45, 2.75) is 38.1 Å². The molecule has 1 saturated heterocycles. The molecule has 1 N–H and O–H groups in total. The second-order valence-electron chi connectivity index (χ2n) is 5.08. The Bertz CT molecular complexity index is 467. The van der Waals surface area contributed by atoms with Crippen molar-refractivity contribution in [1.82, 2.24) is 9.47 Å². The molecule has 1 atom stereocenters. The van der Waals surface area contributed by atoms with E-state index < -0.39 is 5.97 Å². The number of hydrogen-bond acceptors (Lipinski definition) is 2. The SMILES string of the molecule is Cn1cccc1C(=O)N1CCCC[C@@H]1CCC(=O)O. The minimum absolute atomic E-state index is 0.0163. The number of carboxylic acids is 1. The van der Waals surface area contributed by atoms with Crippen LogP contribution in [0.4, 0.5) is 0 Å². The summed E-state index contributed by atoms with van der Waals surface area (Å²) in [6.45, 7) is 0.730. The maximum Gasteiger partial charge on any atom is 0.303 e. The van der Waals surface area contributed by atoms with E-state index in [-0.39, 0.29) is 18.4 Å². The van der Waals surface area contributed by atoms with E-state index >= 15 is 0 Å². The van der Waals surface area contributed by atoms with Crippen LogP contribution in [0.25, 0.3) is 0 Å². The van der Waals surface area contributed by atoms with E-state index in [1.165, 1.54) is 0 Å². The monoisotopic (exact) mass is 264 g/mol. The number of carbonyl (C=O) groups is 2. The zero-order chi connectivity index (χ0) is 13.8. The number of amides is 1. The van der Waals surface area contributed by atoms with E-state index in [4.69, 9.17) is 5.11 Å². The molecule has 0 bridgehead atoms. The third kappa shape index (κ3) is 3.16. The lowest BCUT2D eigenvalue weighted by Crippen LogP contribution is -2.44. The van der Waals surface area contributed by atoms with Crippen molar-refractivity contribution in [3.8, 4) is 0 Å². The van der Waals surface area contributed by atoms with Gasteiger partial charge >= 0.3 is 5.97 Å². The molecule has 0 aromatic carbocycles. The van der Waals surface area contributed by atoms with Gasteiger partial charge in [0.1, 0.15) is 5.69 Å². The van der Waals surface area contributed by atoms with Crippen LogP contribution in [0.3, 0.4) is 0 Å². The molecule has 104 valence electrons. The number of aromatic nitrogens is 1. The summed E-state index contributed by atoms with van der Waals surface area (Å²) in [6.07, 6.45) is 5.50. The highest BCUT2D eigenvalue weighted by Crippen LogP contribution is 2.23. The maximum absolute atomic E-state index is 12.5. The van der Waals surface area contributed by atoms with Crippen LogP contribution in [0.2, 0.25) is 0 Å². The number of piperidine rings is 1. The van der Waals surface area contributed by atoms with Gasteiger partial charge in [0.2, 0.25) is 0 Å². The lowest BCUT2D eigenvalue weighted by molar-refractivity contribution is -0.137. The highest BCUT2D eigenvalue weighted by Gasteiger charge is 2.28. The van der Waals surface area contributed by atoms with E-state index in [2.05, 4.69) is 0 Å². The van der Waals surface area contributed by atoms with Crippen LogP contribution in [0, 0.1) is 0 Å². The fourth-order valence-electron chi connectivity index (χ4n) is 2.69. The van der Waals surface area contributed by atoms with E-state index in [0.29, 0.717) is 12.1 Å². The molecular weight excluding hydrogens is 244 g/mol. The number of nitrogens with zero attached hydrogens (tertiary/aromatic N) is 2. The molecule has 1 aliphatic heterocycles. The molecule has 0 radical (unpaired) electrons. The van der Waals surface area contributed by atoms with Gasteiger partial charge in [-0.25, -0.2) is 0 Å². The fraction of sp³-hybridized carbons (Fsp3) is 0.571. The van der Waals surface area contributed by atoms with Crippen molar-refractivity contribution in [2.75, 3.05) is 6.54 Å². The minimum atomic E-state index is -0.795. The number of likely N-dealkylation sites (tertiary alicyclic amines) is 1. The average Bonchev–Trinajstić information content (AvgIpc) is 2.82. The topological polar surface area (TPSA) is 62.5 Å². The lowest BCUT2D eigenvalue weighted by Gasteiger charge is -2.35. The zero-order valence-corrected chi connectivity index (χ0v) is 11.2. The molecule has 1 aliphatic rings. The second-order valence-corrected chi connectivity index (χ2v) is 5.08. The summed E-state index contributed by atoms with van der Waals surface area (Å²) in [5.41, 5.74) is 0.669. The van der Waals surface area contributed by atoms with Gasteiger partial charge < -0.3 is 14.6 Å². The quantitative estimate of drug-likeness (QED) is 0.903. The highest BCUT2D eigenvalue weighted by atomic mass is 16.4. The number of rotatable bonds is 4. The summed E-state index contributed by atoms with van der Waals surface area (Å²) < 4.78 is 1.81. The molecule has 0 aliphatic carbocycles. The molecule has 1 aromatic rings. The van der Waals surface area contributed by atoms with Gasteiger partial charge in [-0.15, -0.1) is 0 Å². The van der Waals surface area contributed by atoms with Crippen molar-refractivity contribution >= 4 is 11.9 Å². The molecule has 1 fully saturated rings. The number of carboxylic acid groups (broad SMARTS) is 1. The molecule has 1 amide bonds. The Morgan fingerprint density at radius 3 is 2.84 bits per heavy atom. The molecule has 0 saturated carbocycles. The van der Waals surface area contributed by atoms with Crippen LogP contribution >= 0.6 is 0 Å². The summed E-state index contributed by atoms with van der Waals surface area (Å²) in [6, 6.07) is 3.72. The predicted molar refractivity (Wildman–Crippen MR) is 71.0 cm³/mol. The van der Waals surface area contributed by atoms with Crippen LogP contribution < -0.4 is 0 Å². The van der Waals surface area contributed by atoms with Gasteiger partial charge in [-0.2, -0.15) is 0 Å². The second kappa shape index (κ2) is 5.91. The highest BCUT2D eigenvalue weighted by molar-refractivity contribution is 5.93. The number of aliphatic carboxylic acids is 1. The summed E-state index contributed by atoms with van der Waals surface area (Å²) >= 11 is 0. The van der Waals surface area contributed by atoms with Crippen LogP contribution in [-0.2, 0) is 11.8 Å². The van der Waals surface area contributed by atoms with Gasteiger partial charge in [-0.05, 0) is 37.8 Å². The zero-order valence-electron chi connectivity index (χ0n) is 11.2. The van der Waals surface area contributed by atoms with E-state index in [1.54, 1.807) is 0 Å². The van der Waals surface area contributed by atoms with Crippen LogP contribution in [0.1, 0.15) is 42.6 Å². The first kappa shape index (κ1) is 13.6. The van der Waals surface area contributed by atoms with E-state index in [0.717, 1.165) is 25.8 Å². The Labute approximate surface area is 112 Å². The Morgan fingerprint density at radius 1 is 1.42 bits per heavy atom. The third-order valence-electron chi connectivity index (χ3n) is 3.74. The Morgan fingerprint density at radius 2 is 2.21 bits per heavy atom. The molecule has 0 spiro atoms. The minimum Gasteiger partial charge on any atom is -0.481 e. The molecule has 19 heavy (non-hydrogen) atoms. The maximum atomic E-state index is 12.5. The molecule has 2 rings (SSSR count). The van der Waals surface area contributed by atoms with Crippen molar-refractivity contribution in [2.24, 2.45) is 7.05 Å². The summed E-state index contributed by atoms with van der Waals surface area (Å²) in [7, 11) is 1.85. The van der Waals surface area contributed by atoms with Crippen molar-refractivity contribution in [3.63, 3.8) is 0 Å². The Balaban J connectivity index is 2.08. The van der Waals surface area contributed by atoms with Gasteiger partial charge in [0.05, 0.1) is 0 Å². The standard InChI is InChI=1S/C14H20N2O3/c1-15-9-4-6-12(15)14(19)16-10-3-2-5-11(16)7-8-13(17)18/h4,6,9,11H,2-3,5,7-8,10H2,1H3,(H,17,18)/t11-/m1/s1. The Hall–Kier alpha value is -1.78. The number of aryl methyl sites for hydroxylation is 1. The first-order chi connectivity index (χ1) is 9.09. The predicted octanol–water partition coefficient (Wildman–Crippen LogP) is 1.88. The van der Waals surface area contributed by atoms with Crippen molar-refractivity contribution < 1.29 is 14.7 Å². The normalized spacial score (nSPS) is 19.4. The Kier molecular flexibility index (Phi) is 4.24. The third-order valence-corrected chi connectivity index (χ3v) is 3.74. The van der Waals surface area contributed by atoms with Crippen LogP contribution in [0.5, 0.6) is 0 Å². The molecule has 5 heteroatoms. The largest absolute Gasteiger partial charge is 0.481 e. The summed E-state index contributed by atoms with van der Waals surface area (Å²) in [5.74, 6) is -0.778. The fourth-order valence-corrected chi connectivity index (χ4v) is 2.69. The van der Waals surface area contributed by atoms with Crippen molar-refractivity contribution in [3.05, 3.63) is 24.0 Å². The van der Waals surface area contributed by atoms with Gasteiger partial charge in [0.15, 0.2) is 0 Å². The summed E-state index contributed by atoms with van der Waals surface area (Å²) in [4.78, 5) is 25.0. The van der Waals surface area contributed by atoms with Gasteiger partial charge in [-0.1, -0.05) is 0 Å². The van der Waals surface area contributed by atoms with Crippen LogP contribution in [0.15, 0.2) is 18.3 Å². The summed E-state index contributed by atoms with van der Waals surface area (Å²) in [5, 5.41) is 8.79. The molecular formula is C14H20N2O3. The smallest absolute Gasteiger partial charge is 0.303 e. The van der Waals surface area contributed by atoms with Crippen LogP contribution in [-0.4, -0.2) is 39.0 Å². The van der Waals surface area contributed by atoms with E-state index in [9.17, 15) is 9.59 Å². The molecule has 1 aromatic heterocycles. The number of carbonyl (C=O) groups excluding carboxylic acids is 1. The van der Waals surface area contributed by atoms with E-state index in [1.807, 2.05) is 34.8 Å². The molecule has 2 heterocycles. The average molecular weight is 264 g/mol. The van der Waals surface area contributed by atoms with Gasteiger partial charge in [0, 0.05) is 32.3 Å². The first-order valence-electron chi connectivity index (χ1n) is 6.73. The molecule has 0 unspecified atom stereocenters. The number of hydrogen-bond donors (Lipinski definition) is 1. The van der Waals surface area contributed by atoms with Gasteiger partial charge in [0.25, 0.3) is 5.91 Å². The first-order valence-corrected chi connectivity index (χ1v) is 6.73. The lowest BCUT2D eigenvalue weighted by atomic mass is 9.97. The van der Waals surface area contributed by atoms with Crippen molar-refractivity contribution in [1.29, 1.82) is 0 Å².